The van der Waals surface area contributed by atoms with Crippen LogP contribution in [-0.4, -0.2) is 45.0 Å². The summed E-state index contributed by atoms with van der Waals surface area (Å²) < 4.78 is 5.86. The molecule has 0 aliphatic carbocycles. The molecule has 0 bridgehead atoms. The fourth-order valence-electron chi connectivity index (χ4n) is 2.71. The smallest absolute Gasteiger partial charge is 0.326 e. The molecular weight excluding hydrogens is 312 g/mol. The Labute approximate surface area is 137 Å². The summed E-state index contributed by atoms with van der Waals surface area (Å²) in [6.45, 7) is 1.43. The maximum Gasteiger partial charge on any atom is 0.326 e. The van der Waals surface area contributed by atoms with Crippen LogP contribution in [0.15, 0.2) is 40.2 Å². The summed E-state index contributed by atoms with van der Waals surface area (Å²) in [5.41, 5.74) is -0.313. The number of H-pyrrole nitrogens is 2. The van der Waals surface area contributed by atoms with Crippen molar-refractivity contribution in [3.8, 4) is 0 Å². The number of ether oxygens (including phenoxy) is 1. The van der Waals surface area contributed by atoms with Gasteiger partial charge in [-0.25, -0.2) is 4.79 Å². The Balaban J connectivity index is 1.63. The van der Waals surface area contributed by atoms with Crippen molar-refractivity contribution < 1.29 is 9.53 Å². The van der Waals surface area contributed by atoms with E-state index in [1.54, 1.807) is 17.3 Å². The quantitative estimate of drug-likeness (QED) is 0.837. The molecular formula is C16H18N4O4. The highest BCUT2D eigenvalue weighted by Gasteiger charge is 2.25. The number of nitrogens with zero attached hydrogens (tertiary/aromatic N) is 2. The third-order valence-corrected chi connectivity index (χ3v) is 3.86. The second-order valence-electron chi connectivity index (χ2n) is 5.69. The second-order valence-corrected chi connectivity index (χ2v) is 5.69. The topological polar surface area (TPSA) is 108 Å². The Bertz CT molecular complexity index is 786. The number of likely N-dealkylation sites (tertiary alicyclic amines) is 1. The number of hydrogen-bond donors (Lipinski definition) is 2. The molecule has 1 saturated heterocycles. The van der Waals surface area contributed by atoms with E-state index < -0.39 is 11.2 Å². The SMILES string of the molecule is O=C(c1cc(=O)[nH]c(=O)[nH]1)N1CCC[C@H](OCc2cccnc2)C1. The van der Waals surface area contributed by atoms with Gasteiger partial charge in [0.1, 0.15) is 5.69 Å². The van der Waals surface area contributed by atoms with Crippen LogP contribution in [0.4, 0.5) is 0 Å². The summed E-state index contributed by atoms with van der Waals surface area (Å²) >= 11 is 0. The molecule has 2 N–H and O–H groups in total. The Morgan fingerprint density at radius 1 is 1.38 bits per heavy atom. The van der Waals surface area contributed by atoms with E-state index >= 15 is 0 Å². The van der Waals surface area contributed by atoms with E-state index in [0.29, 0.717) is 19.7 Å². The van der Waals surface area contributed by atoms with Crippen molar-refractivity contribution in [2.24, 2.45) is 0 Å². The van der Waals surface area contributed by atoms with E-state index in [9.17, 15) is 14.4 Å². The van der Waals surface area contributed by atoms with Crippen LogP contribution in [0.25, 0.3) is 0 Å². The summed E-state index contributed by atoms with van der Waals surface area (Å²) in [6.07, 6.45) is 5.02. The van der Waals surface area contributed by atoms with Crippen molar-refractivity contribution in [2.75, 3.05) is 13.1 Å². The van der Waals surface area contributed by atoms with Gasteiger partial charge >= 0.3 is 5.69 Å². The minimum atomic E-state index is -0.688. The molecule has 3 heterocycles. The lowest BCUT2D eigenvalue weighted by atomic mass is 10.1. The van der Waals surface area contributed by atoms with Gasteiger partial charge in [-0.05, 0) is 24.5 Å². The van der Waals surface area contributed by atoms with E-state index in [0.717, 1.165) is 24.5 Å². The summed E-state index contributed by atoms with van der Waals surface area (Å²) in [6, 6.07) is 4.88. The fraction of sp³-hybridized carbons (Fsp3) is 0.375. The van der Waals surface area contributed by atoms with Gasteiger partial charge < -0.3 is 14.6 Å². The summed E-state index contributed by atoms with van der Waals surface area (Å²) in [5.74, 6) is -0.368. The fourth-order valence-corrected chi connectivity index (χ4v) is 2.71. The van der Waals surface area contributed by atoms with Crippen LogP contribution >= 0.6 is 0 Å². The van der Waals surface area contributed by atoms with Gasteiger partial charge in [-0.2, -0.15) is 0 Å². The average Bonchev–Trinajstić information content (AvgIpc) is 2.59. The van der Waals surface area contributed by atoms with Crippen LogP contribution in [0.1, 0.15) is 28.9 Å². The highest BCUT2D eigenvalue weighted by molar-refractivity contribution is 5.92. The average molecular weight is 330 g/mol. The molecule has 126 valence electrons. The maximum atomic E-state index is 12.5. The van der Waals surface area contributed by atoms with Gasteiger partial charge in [0.15, 0.2) is 0 Å². The van der Waals surface area contributed by atoms with Gasteiger partial charge in [0.25, 0.3) is 11.5 Å². The molecule has 8 heteroatoms. The molecule has 8 nitrogen and oxygen atoms in total. The molecule has 3 rings (SSSR count). The number of carbonyl (C=O) groups is 1. The van der Waals surface area contributed by atoms with Crippen LogP contribution in [0, 0.1) is 0 Å². The normalized spacial score (nSPS) is 17.7. The van der Waals surface area contributed by atoms with Crippen LogP contribution in [0.2, 0.25) is 0 Å². The van der Waals surface area contributed by atoms with Gasteiger partial charge in [-0.15, -0.1) is 0 Å². The zero-order valence-corrected chi connectivity index (χ0v) is 13.0. The van der Waals surface area contributed by atoms with Gasteiger partial charge in [0.05, 0.1) is 12.7 Å². The van der Waals surface area contributed by atoms with Crippen molar-refractivity contribution in [3.63, 3.8) is 0 Å². The van der Waals surface area contributed by atoms with Gasteiger partial charge in [-0.3, -0.25) is 19.6 Å². The first-order chi connectivity index (χ1) is 11.6. The first-order valence-corrected chi connectivity index (χ1v) is 7.75. The maximum absolute atomic E-state index is 12.5. The lowest BCUT2D eigenvalue weighted by Crippen LogP contribution is -2.44. The number of piperidine rings is 1. The highest BCUT2D eigenvalue weighted by atomic mass is 16.5. The summed E-state index contributed by atoms with van der Waals surface area (Å²) in [5, 5.41) is 0. The number of rotatable bonds is 4. The molecule has 24 heavy (non-hydrogen) atoms. The number of carbonyl (C=O) groups excluding carboxylic acids is 1. The lowest BCUT2D eigenvalue weighted by molar-refractivity contribution is -0.00699. The summed E-state index contributed by atoms with van der Waals surface area (Å²) in [4.78, 5) is 45.2. The zero-order chi connectivity index (χ0) is 16.9. The van der Waals surface area contributed by atoms with Crippen molar-refractivity contribution in [1.82, 2.24) is 19.9 Å². The zero-order valence-electron chi connectivity index (χ0n) is 13.0. The van der Waals surface area contributed by atoms with Crippen molar-refractivity contribution in [3.05, 3.63) is 62.7 Å². The van der Waals surface area contributed by atoms with Gasteiger partial charge in [-0.1, -0.05) is 6.07 Å². The third-order valence-electron chi connectivity index (χ3n) is 3.86. The Hall–Kier alpha value is -2.74. The molecule has 0 aromatic carbocycles. The van der Waals surface area contributed by atoms with Crippen LogP contribution in [0.3, 0.4) is 0 Å². The van der Waals surface area contributed by atoms with Crippen molar-refractivity contribution >= 4 is 5.91 Å². The molecule has 0 unspecified atom stereocenters. The van der Waals surface area contributed by atoms with Gasteiger partial charge in [0.2, 0.25) is 0 Å². The van der Waals surface area contributed by atoms with E-state index in [2.05, 4.69) is 9.97 Å². The molecule has 0 saturated carbocycles. The number of aromatic nitrogens is 3. The van der Waals surface area contributed by atoms with Crippen molar-refractivity contribution in [1.29, 1.82) is 0 Å². The molecule has 1 aliphatic heterocycles. The highest BCUT2D eigenvalue weighted by Crippen LogP contribution is 2.16. The van der Waals surface area contributed by atoms with E-state index in [1.165, 1.54) is 0 Å². The van der Waals surface area contributed by atoms with E-state index in [-0.39, 0.29) is 17.7 Å². The number of amides is 1. The standard InChI is InChI=1S/C16H18N4O4/c21-14-7-13(18-16(23)19-14)15(22)20-6-2-4-12(9-20)24-10-11-3-1-5-17-8-11/h1,3,5,7-8,12H,2,4,6,9-10H2,(H2,18,19,21,23)/t12-/m0/s1. The minimum Gasteiger partial charge on any atom is -0.372 e. The number of hydrogen-bond acceptors (Lipinski definition) is 5. The molecule has 1 amide bonds. The monoisotopic (exact) mass is 330 g/mol. The molecule has 1 aliphatic rings. The van der Waals surface area contributed by atoms with Gasteiger partial charge in [0, 0.05) is 31.5 Å². The van der Waals surface area contributed by atoms with E-state index in [4.69, 9.17) is 4.74 Å². The first-order valence-electron chi connectivity index (χ1n) is 7.75. The predicted octanol–water partition coefficient (Wildman–Crippen LogP) is 0.280. The first kappa shape index (κ1) is 16.1. The second kappa shape index (κ2) is 7.22. The van der Waals surface area contributed by atoms with Crippen molar-refractivity contribution in [2.45, 2.75) is 25.6 Å². The molecule has 1 atom stereocenters. The molecule has 1 fully saturated rings. The van der Waals surface area contributed by atoms with E-state index in [1.807, 2.05) is 17.1 Å². The van der Waals surface area contributed by atoms with Crippen LogP contribution in [-0.2, 0) is 11.3 Å². The molecule has 2 aromatic rings. The number of aromatic amines is 2. The molecule has 2 aromatic heterocycles. The Kier molecular flexibility index (Phi) is 4.85. The number of nitrogens with one attached hydrogen (secondary N) is 2. The van der Waals surface area contributed by atoms with Crippen LogP contribution in [0.5, 0.6) is 0 Å². The lowest BCUT2D eigenvalue weighted by Gasteiger charge is -2.32. The largest absolute Gasteiger partial charge is 0.372 e. The third kappa shape index (κ3) is 3.96. The molecule has 0 radical (unpaired) electrons. The summed E-state index contributed by atoms with van der Waals surface area (Å²) in [7, 11) is 0. The Morgan fingerprint density at radius 2 is 2.25 bits per heavy atom. The number of pyridine rings is 1. The molecule has 0 spiro atoms. The Morgan fingerprint density at radius 3 is 3.00 bits per heavy atom. The predicted molar refractivity (Wildman–Crippen MR) is 85.6 cm³/mol. The minimum absolute atomic E-state index is 0.00309. The van der Waals surface area contributed by atoms with Crippen LogP contribution < -0.4 is 11.2 Å².